The van der Waals surface area contributed by atoms with E-state index < -0.39 is 11.7 Å². The lowest BCUT2D eigenvalue weighted by molar-refractivity contribution is -0.137. The zero-order valence-electron chi connectivity index (χ0n) is 16.5. The molecule has 2 N–H and O–H groups in total. The van der Waals surface area contributed by atoms with Crippen LogP contribution in [0.1, 0.15) is 38.9 Å². The quantitative estimate of drug-likeness (QED) is 0.672. The topological polar surface area (TPSA) is 59.0 Å². The summed E-state index contributed by atoms with van der Waals surface area (Å²) in [6.45, 7) is 4.70. The van der Waals surface area contributed by atoms with E-state index in [4.69, 9.17) is 0 Å². The molecular weight excluding hydrogens is 393 g/mol. The Morgan fingerprint density at radius 3 is 2.53 bits per heavy atom. The van der Waals surface area contributed by atoms with Crippen molar-refractivity contribution in [1.29, 1.82) is 0 Å². The Morgan fingerprint density at radius 1 is 1.13 bits per heavy atom. The molecule has 1 amide bonds. The molecule has 3 aromatic rings. The Balaban J connectivity index is 1.55. The number of amides is 1. The predicted octanol–water partition coefficient (Wildman–Crippen LogP) is 4.22. The molecule has 30 heavy (non-hydrogen) atoms. The van der Waals surface area contributed by atoms with Gasteiger partial charge in [0.25, 0.3) is 5.91 Å². The van der Waals surface area contributed by atoms with Crippen molar-refractivity contribution in [2.75, 3.05) is 6.54 Å². The molecule has 0 spiro atoms. The summed E-state index contributed by atoms with van der Waals surface area (Å²) in [5, 5.41) is 10.7. The highest BCUT2D eigenvalue weighted by molar-refractivity contribution is 5.94. The number of halogens is 3. The van der Waals surface area contributed by atoms with Gasteiger partial charge in [-0.05, 0) is 43.2 Å². The lowest BCUT2D eigenvalue weighted by Gasteiger charge is -2.26. The van der Waals surface area contributed by atoms with Crippen LogP contribution in [-0.4, -0.2) is 22.2 Å². The van der Waals surface area contributed by atoms with Gasteiger partial charge in [-0.25, -0.2) is 4.68 Å². The molecule has 1 aliphatic heterocycles. The molecule has 0 saturated heterocycles. The smallest absolute Gasteiger partial charge is 0.347 e. The molecule has 0 saturated carbocycles. The largest absolute Gasteiger partial charge is 0.416 e. The van der Waals surface area contributed by atoms with Crippen LogP contribution >= 0.6 is 0 Å². The van der Waals surface area contributed by atoms with E-state index in [1.807, 2.05) is 26.0 Å². The fourth-order valence-electron chi connectivity index (χ4n) is 3.61. The second kappa shape index (κ2) is 7.60. The summed E-state index contributed by atoms with van der Waals surface area (Å²) in [7, 11) is 0. The molecule has 1 atom stereocenters. The first-order chi connectivity index (χ1) is 14.2. The molecule has 0 aliphatic carbocycles. The number of nitrogens with zero attached hydrogens (tertiary/aromatic N) is 2. The third kappa shape index (κ3) is 3.95. The minimum absolute atomic E-state index is 0.203. The molecule has 0 bridgehead atoms. The number of hydrogen-bond donors (Lipinski definition) is 2. The van der Waals surface area contributed by atoms with E-state index in [9.17, 15) is 18.0 Å². The van der Waals surface area contributed by atoms with Gasteiger partial charge in [0.05, 0.1) is 17.8 Å². The molecule has 8 heteroatoms. The van der Waals surface area contributed by atoms with E-state index in [1.165, 1.54) is 12.1 Å². The molecule has 0 fully saturated rings. The minimum Gasteiger partial charge on any atom is -0.347 e. The highest BCUT2D eigenvalue weighted by Crippen LogP contribution is 2.29. The lowest BCUT2D eigenvalue weighted by atomic mass is 10.0. The SMILES string of the molecule is Cc1ccc(-c2cc3n(n2)C(NCc2ccc(C(F)(F)F)cc2)CNC3=O)c(C)c1. The van der Waals surface area contributed by atoms with E-state index in [0.717, 1.165) is 28.8 Å². The van der Waals surface area contributed by atoms with E-state index in [2.05, 4.69) is 21.8 Å². The summed E-state index contributed by atoms with van der Waals surface area (Å²) in [5.41, 5.74) is 4.36. The summed E-state index contributed by atoms with van der Waals surface area (Å²) >= 11 is 0. The third-order valence-corrected chi connectivity index (χ3v) is 5.20. The molecule has 2 aromatic carbocycles. The summed E-state index contributed by atoms with van der Waals surface area (Å²) < 4.78 is 39.8. The number of carbonyl (C=O) groups is 1. The van der Waals surface area contributed by atoms with Crippen molar-refractivity contribution in [3.63, 3.8) is 0 Å². The average Bonchev–Trinajstić information content (AvgIpc) is 3.13. The number of aromatic nitrogens is 2. The van der Waals surface area contributed by atoms with Gasteiger partial charge in [-0.15, -0.1) is 0 Å². The van der Waals surface area contributed by atoms with Crippen molar-refractivity contribution in [2.45, 2.75) is 32.7 Å². The van der Waals surface area contributed by atoms with Gasteiger partial charge in [-0.3, -0.25) is 10.1 Å². The van der Waals surface area contributed by atoms with Gasteiger partial charge in [0.15, 0.2) is 0 Å². The molecule has 156 valence electrons. The molecule has 0 radical (unpaired) electrons. The van der Waals surface area contributed by atoms with Gasteiger partial charge in [0.2, 0.25) is 0 Å². The first kappa shape index (κ1) is 20.2. The van der Waals surface area contributed by atoms with Gasteiger partial charge in [-0.1, -0.05) is 35.9 Å². The molecule has 1 aromatic heterocycles. The van der Waals surface area contributed by atoms with Gasteiger partial charge >= 0.3 is 6.18 Å². The summed E-state index contributed by atoms with van der Waals surface area (Å²) in [6.07, 6.45) is -4.66. The number of rotatable bonds is 4. The van der Waals surface area contributed by atoms with Gasteiger partial charge in [0, 0.05) is 12.1 Å². The number of aryl methyl sites for hydroxylation is 2. The summed E-state index contributed by atoms with van der Waals surface area (Å²) in [4.78, 5) is 12.3. The number of hydrogen-bond acceptors (Lipinski definition) is 3. The lowest BCUT2D eigenvalue weighted by Crippen LogP contribution is -2.45. The second-order valence-electron chi connectivity index (χ2n) is 7.48. The van der Waals surface area contributed by atoms with E-state index in [0.29, 0.717) is 30.0 Å². The van der Waals surface area contributed by atoms with Gasteiger partial charge in [-0.2, -0.15) is 18.3 Å². The Kier molecular flexibility index (Phi) is 5.11. The second-order valence-corrected chi connectivity index (χ2v) is 7.48. The van der Waals surface area contributed by atoms with Crippen molar-refractivity contribution in [3.05, 3.63) is 76.5 Å². The Hall–Kier alpha value is -3.13. The van der Waals surface area contributed by atoms with Crippen LogP contribution in [-0.2, 0) is 12.7 Å². The highest BCUT2D eigenvalue weighted by atomic mass is 19.4. The van der Waals surface area contributed by atoms with Crippen LogP contribution in [0.25, 0.3) is 11.3 Å². The monoisotopic (exact) mass is 414 g/mol. The molecule has 2 heterocycles. The van der Waals surface area contributed by atoms with Crippen LogP contribution in [0, 0.1) is 13.8 Å². The minimum atomic E-state index is -4.35. The molecule has 5 nitrogen and oxygen atoms in total. The first-order valence-corrected chi connectivity index (χ1v) is 9.57. The van der Waals surface area contributed by atoms with Gasteiger partial charge < -0.3 is 5.32 Å². The number of nitrogens with one attached hydrogen (secondary N) is 2. The normalized spacial score (nSPS) is 16.3. The zero-order valence-corrected chi connectivity index (χ0v) is 16.5. The number of fused-ring (bicyclic) bond motifs is 1. The van der Waals surface area contributed by atoms with Crippen molar-refractivity contribution in [3.8, 4) is 11.3 Å². The zero-order chi connectivity index (χ0) is 21.5. The molecular formula is C22H21F3N4O. The maximum Gasteiger partial charge on any atom is 0.416 e. The number of alkyl halides is 3. The van der Waals surface area contributed by atoms with Crippen LogP contribution in [0.2, 0.25) is 0 Å². The summed E-state index contributed by atoms with van der Waals surface area (Å²) in [5.74, 6) is -0.203. The Morgan fingerprint density at radius 2 is 1.87 bits per heavy atom. The van der Waals surface area contributed by atoms with Crippen molar-refractivity contribution < 1.29 is 18.0 Å². The van der Waals surface area contributed by atoms with Crippen LogP contribution in [0.4, 0.5) is 13.2 Å². The average molecular weight is 414 g/mol. The van der Waals surface area contributed by atoms with Crippen LogP contribution < -0.4 is 10.6 Å². The van der Waals surface area contributed by atoms with Gasteiger partial charge in [0.1, 0.15) is 11.9 Å². The Bertz CT molecular complexity index is 1090. The first-order valence-electron chi connectivity index (χ1n) is 9.57. The van der Waals surface area contributed by atoms with E-state index in [-0.39, 0.29) is 12.1 Å². The molecule has 1 unspecified atom stereocenters. The molecule has 1 aliphatic rings. The standard InChI is InChI=1S/C22H21F3N4O/c1-13-3-8-17(14(2)9-13)18-10-19-21(30)27-12-20(29(19)28-18)26-11-15-4-6-16(7-5-15)22(23,24)25/h3-10,20,26H,11-12H2,1-2H3,(H,27,30). The van der Waals surface area contributed by atoms with E-state index >= 15 is 0 Å². The molecule has 4 rings (SSSR count). The van der Waals surface area contributed by atoms with Crippen molar-refractivity contribution in [2.24, 2.45) is 0 Å². The van der Waals surface area contributed by atoms with Crippen molar-refractivity contribution in [1.82, 2.24) is 20.4 Å². The fourth-order valence-corrected chi connectivity index (χ4v) is 3.61. The third-order valence-electron chi connectivity index (χ3n) is 5.20. The predicted molar refractivity (Wildman–Crippen MR) is 107 cm³/mol. The maximum atomic E-state index is 12.7. The van der Waals surface area contributed by atoms with Crippen LogP contribution in [0.15, 0.2) is 48.5 Å². The maximum absolute atomic E-state index is 12.7. The summed E-state index contributed by atoms with van der Waals surface area (Å²) in [6, 6.07) is 12.8. The number of carbonyl (C=O) groups excluding carboxylic acids is 1. The number of benzene rings is 2. The highest BCUT2D eigenvalue weighted by Gasteiger charge is 2.30. The van der Waals surface area contributed by atoms with Crippen LogP contribution in [0.3, 0.4) is 0 Å². The fraction of sp³-hybridized carbons (Fsp3) is 0.273. The van der Waals surface area contributed by atoms with E-state index in [1.54, 1.807) is 10.7 Å². The Labute approximate surface area is 171 Å². The van der Waals surface area contributed by atoms with Crippen LogP contribution in [0.5, 0.6) is 0 Å². The van der Waals surface area contributed by atoms with Crippen molar-refractivity contribution >= 4 is 5.91 Å².